The Balaban J connectivity index is 2.50. The Morgan fingerprint density at radius 3 is 2.81 bits per heavy atom. The zero-order valence-electron chi connectivity index (χ0n) is 9.46. The Hall–Kier alpha value is -0.870. The molecular weight excluding hydrogens is 268 g/mol. The first kappa shape index (κ1) is 11.6. The zero-order valence-corrected chi connectivity index (χ0v) is 11.0. The maximum Gasteiger partial charge on any atom is 0.223 e. The average Bonchev–Trinajstić information content (AvgIpc) is 2.58. The van der Waals surface area contributed by atoms with Crippen molar-refractivity contribution >= 4 is 27.5 Å². The summed E-state index contributed by atoms with van der Waals surface area (Å²) in [6.07, 6.45) is 0.923. The van der Waals surface area contributed by atoms with Crippen molar-refractivity contribution in [1.82, 2.24) is 0 Å². The van der Waals surface area contributed by atoms with Crippen molar-refractivity contribution in [3.05, 3.63) is 27.7 Å². The average molecular weight is 283 g/mol. The molecule has 0 fully saturated rings. The smallest absolute Gasteiger partial charge is 0.223 e. The van der Waals surface area contributed by atoms with Gasteiger partial charge in [0.05, 0.1) is 0 Å². The number of nitrogens with two attached hydrogens (primary N) is 1. The van der Waals surface area contributed by atoms with Gasteiger partial charge in [0.25, 0.3) is 0 Å². The van der Waals surface area contributed by atoms with Crippen molar-refractivity contribution in [3.63, 3.8) is 0 Å². The van der Waals surface area contributed by atoms with Crippen molar-refractivity contribution < 1.29 is 4.79 Å². The molecule has 1 aromatic carbocycles. The molecular formula is C12H15BrN2O. The molecule has 3 nitrogen and oxygen atoms in total. The quantitative estimate of drug-likeness (QED) is 0.860. The van der Waals surface area contributed by atoms with Crippen molar-refractivity contribution in [2.45, 2.75) is 26.3 Å². The third-order valence-corrected chi connectivity index (χ3v) is 3.65. The van der Waals surface area contributed by atoms with Crippen LogP contribution in [-0.2, 0) is 11.2 Å². The topological polar surface area (TPSA) is 46.3 Å². The first-order valence-electron chi connectivity index (χ1n) is 5.36. The van der Waals surface area contributed by atoms with E-state index in [9.17, 15) is 4.79 Å². The Kier molecular flexibility index (Phi) is 3.04. The molecule has 0 radical (unpaired) electrons. The first-order valence-corrected chi connectivity index (χ1v) is 6.16. The van der Waals surface area contributed by atoms with E-state index in [0.29, 0.717) is 0 Å². The monoisotopic (exact) mass is 282 g/mol. The number of hydrogen-bond donors (Lipinski definition) is 1. The van der Waals surface area contributed by atoms with Crippen LogP contribution in [0.1, 0.15) is 31.0 Å². The summed E-state index contributed by atoms with van der Waals surface area (Å²) < 4.78 is 1.03. The van der Waals surface area contributed by atoms with E-state index in [0.717, 1.165) is 28.7 Å². The van der Waals surface area contributed by atoms with E-state index < -0.39 is 0 Å². The van der Waals surface area contributed by atoms with Gasteiger partial charge in [-0.05, 0) is 36.6 Å². The summed E-state index contributed by atoms with van der Waals surface area (Å²) in [6, 6.07) is 4.07. The van der Waals surface area contributed by atoms with Crippen LogP contribution >= 0.6 is 15.9 Å². The Bertz CT molecular complexity index is 443. The van der Waals surface area contributed by atoms with Crippen LogP contribution in [0.4, 0.5) is 5.69 Å². The molecule has 1 aliphatic rings. The number of amides is 1. The van der Waals surface area contributed by atoms with Gasteiger partial charge in [-0.15, -0.1) is 0 Å². The van der Waals surface area contributed by atoms with Gasteiger partial charge in [-0.25, -0.2) is 0 Å². The van der Waals surface area contributed by atoms with Crippen LogP contribution in [0.15, 0.2) is 16.6 Å². The predicted octanol–water partition coefficient (Wildman–Crippen LogP) is 2.38. The SMILES string of the molecule is CC(=O)N1CCc2cc(Br)c([C@H](C)N)cc21. The van der Waals surface area contributed by atoms with Crippen LogP contribution in [0.5, 0.6) is 0 Å². The second-order valence-corrected chi connectivity index (χ2v) is 5.07. The lowest BCUT2D eigenvalue weighted by molar-refractivity contribution is -0.116. The summed E-state index contributed by atoms with van der Waals surface area (Å²) in [5.74, 6) is 0.0942. The number of halogens is 1. The Morgan fingerprint density at radius 1 is 1.56 bits per heavy atom. The minimum Gasteiger partial charge on any atom is -0.324 e. The Labute approximate surface area is 104 Å². The van der Waals surface area contributed by atoms with E-state index in [4.69, 9.17) is 5.73 Å². The molecule has 1 amide bonds. The third-order valence-electron chi connectivity index (χ3n) is 2.96. The number of carbonyl (C=O) groups excluding carboxylic acids is 1. The number of anilines is 1. The predicted molar refractivity (Wildman–Crippen MR) is 68.5 cm³/mol. The van der Waals surface area contributed by atoms with Crippen molar-refractivity contribution in [2.24, 2.45) is 5.73 Å². The molecule has 2 N–H and O–H groups in total. The number of carbonyl (C=O) groups is 1. The van der Waals surface area contributed by atoms with Gasteiger partial charge in [0.1, 0.15) is 0 Å². The fourth-order valence-corrected chi connectivity index (χ4v) is 2.85. The normalized spacial score (nSPS) is 16.1. The fraction of sp³-hybridized carbons (Fsp3) is 0.417. The summed E-state index contributed by atoms with van der Waals surface area (Å²) in [5, 5.41) is 0. The lowest BCUT2D eigenvalue weighted by atomic mass is 10.0. The molecule has 86 valence electrons. The van der Waals surface area contributed by atoms with E-state index >= 15 is 0 Å². The van der Waals surface area contributed by atoms with E-state index in [2.05, 4.69) is 22.0 Å². The molecule has 16 heavy (non-hydrogen) atoms. The molecule has 0 spiro atoms. The third kappa shape index (κ3) is 1.87. The highest BCUT2D eigenvalue weighted by atomic mass is 79.9. The van der Waals surface area contributed by atoms with Crippen LogP contribution in [0, 0.1) is 0 Å². The van der Waals surface area contributed by atoms with Gasteiger partial charge in [0, 0.05) is 29.7 Å². The molecule has 0 aromatic heterocycles. The van der Waals surface area contributed by atoms with E-state index in [1.807, 2.05) is 17.9 Å². The van der Waals surface area contributed by atoms with Crippen molar-refractivity contribution in [1.29, 1.82) is 0 Å². The summed E-state index contributed by atoms with van der Waals surface area (Å²) >= 11 is 3.52. The van der Waals surface area contributed by atoms with Gasteiger partial charge >= 0.3 is 0 Å². The molecule has 0 saturated carbocycles. The summed E-state index contributed by atoms with van der Waals surface area (Å²) in [6.45, 7) is 4.32. The number of fused-ring (bicyclic) bond motifs is 1. The molecule has 4 heteroatoms. The maximum atomic E-state index is 11.5. The summed E-state index contributed by atoms with van der Waals surface area (Å²) in [4.78, 5) is 13.3. The number of hydrogen-bond acceptors (Lipinski definition) is 2. The van der Waals surface area contributed by atoms with Crippen molar-refractivity contribution in [3.8, 4) is 0 Å². The van der Waals surface area contributed by atoms with Crippen LogP contribution in [0.3, 0.4) is 0 Å². The highest BCUT2D eigenvalue weighted by Gasteiger charge is 2.24. The van der Waals surface area contributed by atoms with E-state index in [1.54, 1.807) is 6.92 Å². The highest BCUT2D eigenvalue weighted by Crippen LogP contribution is 2.35. The molecule has 1 atom stereocenters. The van der Waals surface area contributed by atoms with Gasteiger partial charge < -0.3 is 10.6 Å². The standard InChI is InChI=1S/C12H15BrN2O/c1-7(14)10-6-12-9(5-11(10)13)3-4-15(12)8(2)16/h5-7H,3-4,14H2,1-2H3/t7-/m0/s1. The first-order chi connectivity index (χ1) is 7.50. The van der Waals surface area contributed by atoms with Crippen molar-refractivity contribution in [2.75, 3.05) is 11.4 Å². The van der Waals surface area contributed by atoms with Crippen LogP contribution in [0.2, 0.25) is 0 Å². The van der Waals surface area contributed by atoms with E-state index in [1.165, 1.54) is 5.56 Å². The molecule has 1 heterocycles. The second-order valence-electron chi connectivity index (χ2n) is 4.21. The van der Waals surface area contributed by atoms with Gasteiger partial charge in [-0.2, -0.15) is 0 Å². The molecule has 0 aliphatic carbocycles. The lowest BCUT2D eigenvalue weighted by Crippen LogP contribution is -2.26. The largest absolute Gasteiger partial charge is 0.324 e. The minimum atomic E-state index is -0.0333. The molecule has 0 bridgehead atoms. The molecule has 0 unspecified atom stereocenters. The van der Waals surface area contributed by atoms with Crippen LogP contribution in [0.25, 0.3) is 0 Å². The number of nitrogens with zero attached hydrogens (tertiary/aromatic N) is 1. The summed E-state index contributed by atoms with van der Waals surface area (Å²) in [7, 11) is 0. The van der Waals surface area contributed by atoms with Gasteiger partial charge in [0.2, 0.25) is 5.91 Å². The minimum absolute atomic E-state index is 0.0333. The second kappa shape index (κ2) is 4.18. The van der Waals surface area contributed by atoms with E-state index in [-0.39, 0.29) is 11.9 Å². The summed E-state index contributed by atoms with van der Waals surface area (Å²) in [5.41, 5.74) is 9.18. The Morgan fingerprint density at radius 2 is 2.25 bits per heavy atom. The van der Waals surface area contributed by atoms with Gasteiger partial charge in [0.15, 0.2) is 0 Å². The molecule has 1 aliphatic heterocycles. The number of rotatable bonds is 1. The lowest BCUT2D eigenvalue weighted by Gasteiger charge is -2.17. The zero-order chi connectivity index (χ0) is 11.9. The molecule has 0 saturated heterocycles. The maximum absolute atomic E-state index is 11.5. The van der Waals surface area contributed by atoms with Gasteiger partial charge in [-0.1, -0.05) is 15.9 Å². The van der Waals surface area contributed by atoms with Crippen LogP contribution in [-0.4, -0.2) is 12.5 Å². The molecule has 2 rings (SSSR count). The van der Waals surface area contributed by atoms with Gasteiger partial charge in [-0.3, -0.25) is 4.79 Å². The fourth-order valence-electron chi connectivity index (χ4n) is 2.10. The molecule has 1 aromatic rings. The number of benzene rings is 1. The highest BCUT2D eigenvalue weighted by molar-refractivity contribution is 9.10. The van der Waals surface area contributed by atoms with Crippen LogP contribution < -0.4 is 10.6 Å².